The van der Waals surface area contributed by atoms with Crippen LogP contribution in [-0.2, 0) is 0 Å². The summed E-state index contributed by atoms with van der Waals surface area (Å²) in [6, 6.07) is 11.6. The molecule has 0 spiro atoms. The molecule has 3 heteroatoms. The number of rotatable bonds is 2. The number of nitriles is 1. The van der Waals surface area contributed by atoms with Gasteiger partial charge in [-0.05, 0) is 40.6 Å². The van der Waals surface area contributed by atoms with Gasteiger partial charge in [-0.3, -0.25) is 0 Å². The molecule has 0 fully saturated rings. The average molecular weight is 246 g/mol. The van der Waals surface area contributed by atoms with E-state index in [-0.39, 0.29) is 0 Å². The van der Waals surface area contributed by atoms with Crippen molar-refractivity contribution in [1.82, 2.24) is 0 Å². The second-order valence-electron chi connectivity index (χ2n) is 3.23. The Kier molecular flexibility index (Phi) is 3.40. The van der Waals surface area contributed by atoms with Gasteiger partial charge in [0.25, 0.3) is 0 Å². The van der Waals surface area contributed by atoms with Crippen LogP contribution in [0.2, 0.25) is 5.02 Å². The number of benzene rings is 1. The summed E-state index contributed by atoms with van der Waals surface area (Å²) >= 11 is 7.38. The van der Waals surface area contributed by atoms with Gasteiger partial charge in [-0.25, -0.2) is 0 Å². The maximum Gasteiger partial charge on any atom is 0.0998 e. The molecule has 0 N–H and O–H groups in total. The highest BCUT2D eigenvalue weighted by atomic mass is 35.5. The summed E-state index contributed by atoms with van der Waals surface area (Å²) in [5.41, 5.74) is 2.61. The molecular formula is C13H8ClNS. The van der Waals surface area contributed by atoms with Crippen molar-refractivity contribution in [3.63, 3.8) is 0 Å². The topological polar surface area (TPSA) is 23.8 Å². The minimum absolute atomic E-state index is 0.670. The predicted octanol–water partition coefficient (Wildman–Crippen LogP) is 4.47. The summed E-state index contributed by atoms with van der Waals surface area (Å²) in [4.78, 5) is 0. The lowest BCUT2D eigenvalue weighted by Gasteiger charge is -1.96. The van der Waals surface area contributed by atoms with Crippen molar-refractivity contribution in [1.29, 1.82) is 5.26 Å². The number of hydrogen-bond acceptors (Lipinski definition) is 2. The summed E-state index contributed by atoms with van der Waals surface area (Å²) in [5, 5.41) is 13.7. The first kappa shape index (κ1) is 10.9. The van der Waals surface area contributed by atoms with Gasteiger partial charge in [0, 0.05) is 10.6 Å². The highest BCUT2D eigenvalue weighted by Gasteiger charge is 2.00. The van der Waals surface area contributed by atoms with Crippen LogP contribution in [0, 0.1) is 11.3 Å². The van der Waals surface area contributed by atoms with E-state index in [1.54, 1.807) is 11.3 Å². The van der Waals surface area contributed by atoms with Gasteiger partial charge in [-0.2, -0.15) is 16.6 Å². The zero-order valence-electron chi connectivity index (χ0n) is 8.35. The molecule has 1 heterocycles. The van der Waals surface area contributed by atoms with Crippen LogP contribution in [0.5, 0.6) is 0 Å². The first-order valence-electron chi connectivity index (χ1n) is 4.69. The van der Waals surface area contributed by atoms with Gasteiger partial charge in [0.2, 0.25) is 0 Å². The second kappa shape index (κ2) is 4.98. The van der Waals surface area contributed by atoms with E-state index in [1.807, 2.05) is 47.2 Å². The van der Waals surface area contributed by atoms with Gasteiger partial charge in [0.15, 0.2) is 0 Å². The van der Waals surface area contributed by atoms with Crippen LogP contribution >= 0.6 is 22.9 Å². The van der Waals surface area contributed by atoms with E-state index in [9.17, 15) is 0 Å². The molecule has 0 radical (unpaired) electrons. The summed E-state index contributed by atoms with van der Waals surface area (Å²) in [6.07, 6.45) is 1.86. The van der Waals surface area contributed by atoms with Crippen molar-refractivity contribution in [2.45, 2.75) is 0 Å². The van der Waals surface area contributed by atoms with Gasteiger partial charge in [0.1, 0.15) is 0 Å². The van der Waals surface area contributed by atoms with Crippen LogP contribution in [0.25, 0.3) is 11.6 Å². The highest BCUT2D eigenvalue weighted by molar-refractivity contribution is 7.08. The van der Waals surface area contributed by atoms with Crippen molar-refractivity contribution in [3.05, 3.63) is 57.2 Å². The Bertz CT molecular complexity index is 532. The zero-order chi connectivity index (χ0) is 11.4. The van der Waals surface area contributed by atoms with Crippen LogP contribution in [0.15, 0.2) is 41.1 Å². The molecule has 0 saturated carbocycles. The Morgan fingerprint density at radius 2 is 2.00 bits per heavy atom. The number of allylic oxidation sites excluding steroid dienone is 1. The van der Waals surface area contributed by atoms with E-state index in [0.29, 0.717) is 10.6 Å². The molecule has 1 aromatic carbocycles. The first-order chi connectivity index (χ1) is 7.79. The number of thiophene rings is 1. The third-order valence-electron chi connectivity index (χ3n) is 2.13. The second-order valence-corrected chi connectivity index (χ2v) is 4.45. The van der Waals surface area contributed by atoms with Crippen LogP contribution < -0.4 is 0 Å². The zero-order valence-corrected chi connectivity index (χ0v) is 9.92. The third-order valence-corrected chi connectivity index (χ3v) is 3.07. The standard InChI is InChI=1S/C13H8ClNS/c14-13-3-1-10(2-4-13)7-12(8-15)11-5-6-16-9-11/h1-7,9H/b12-7+. The molecule has 0 amide bonds. The Morgan fingerprint density at radius 1 is 1.25 bits per heavy atom. The monoisotopic (exact) mass is 245 g/mol. The lowest BCUT2D eigenvalue weighted by molar-refractivity contribution is 1.53. The third kappa shape index (κ3) is 2.52. The molecule has 16 heavy (non-hydrogen) atoms. The smallest absolute Gasteiger partial charge is 0.0998 e. The largest absolute Gasteiger partial charge is 0.192 e. The first-order valence-corrected chi connectivity index (χ1v) is 6.01. The SMILES string of the molecule is N#C/C(=C\c1ccc(Cl)cc1)c1ccsc1. The van der Waals surface area contributed by atoms with E-state index in [2.05, 4.69) is 6.07 Å². The van der Waals surface area contributed by atoms with E-state index >= 15 is 0 Å². The fourth-order valence-corrected chi connectivity index (χ4v) is 2.11. The van der Waals surface area contributed by atoms with Gasteiger partial charge in [-0.15, -0.1) is 0 Å². The molecule has 0 atom stereocenters. The Hall–Kier alpha value is -1.56. The quantitative estimate of drug-likeness (QED) is 0.717. The van der Waals surface area contributed by atoms with Gasteiger partial charge in [-0.1, -0.05) is 23.7 Å². The van der Waals surface area contributed by atoms with E-state index in [0.717, 1.165) is 11.1 Å². The lowest BCUT2D eigenvalue weighted by Crippen LogP contribution is -1.78. The molecule has 2 rings (SSSR count). The molecule has 78 valence electrons. The summed E-state index contributed by atoms with van der Waals surface area (Å²) in [5.74, 6) is 0. The molecule has 1 nitrogen and oxygen atoms in total. The molecule has 0 bridgehead atoms. The summed E-state index contributed by atoms with van der Waals surface area (Å²) in [6.45, 7) is 0. The minimum atomic E-state index is 0.670. The van der Waals surface area contributed by atoms with Crippen LogP contribution in [0.3, 0.4) is 0 Å². The molecule has 0 aliphatic heterocycles. The lowest BCUT2D eigenvalue weighted by atomic mass is 10.1. The number of halogens is 1. The fraction of sp³-hybridized carbons (Fsp3) is 0. The molecular weight excluding hydrogens is 238 g/mol. The molecule has 1 aromatic heterocycles. The van der Waals surface area contributed by atoms with Crippen molar-refractivity contribution in [2.75, 3.05) is 0 Å². The van der Waals surface area contributed by atoms with Crippen molar-refractivity contribution in [2.24, 2.45) is 0 Å². The number of hydrogen-bond donors (Lipinski definition) is 0. The highest BCUT2D eigenvalue weighted by Crippen LogP contribution is 2.20. The minimum Gasteiger partial charge on any atom is -0.192 e. The summed E-state index contributed by atoms with van der Waals surface area (Å²) < 4.78 is 0. The Labute approximate surface area is 103 Å². The molecule has 0 saturated heterocycles. The fourth-order valence-electron chi connectivity index (χ4n) is 1.32. The van der Waals surface area contributed by atoms with Crippen LogP contribution in [0.1, 0.15) is 11.1 Å². The Balaban J connectivity index is 2.36. The van der Waals surface area contributed by atoms with E-state index < -0.39 is 0 Å². The van der Waals surface area contributed by atoms with E-state index in [1.165, 1.54) is 0 Å². The van der Waals surface area contributed by atoms with Gasteiger partial charge in [0.05, 0.1) is 11.6 Å². The van der Waals surface area contributed by atoms with Gasteiger partial charge >= 0.3 is 0 Å². The van der Waals surface area contributed by atoms with Crippen molar-refractivity contribution < 1.29 is 0 Å². The van der Waals surface area contributed by atoms with Gasteiger partial charge < -0.3 is 0 Å². The van der Waals surface area contributed by atoms with Crippen LogP contribution in [-0.4, -0.2) is 0 Å². The van der Waals surface area contributed by atoms with Crippen molar-refractivity contribution in [3.8, 4) is 6.07 Å². The molecule has 0 aliphatic rings. The molecule has 2 aromatic rings. The maximum absolute atomic E-state index is 9.07. The summed E-state index contributed by atoms with van der Waals surface area (Å²) in [7, 11) is 0. The average Bonchev–Trinajstić information content (AvgIpc) is 2.82. The number of nitrogens with zero attached hydrogens (tertiary/aromatic N) is 1. The Morgan fingerprint density at radius 3 is 2.56 bits per heavy atom. The molecule has 0 aliphatic carbocycles. The molecule has 0 unspecified atom stereocenters. The van der Waals surface area contributed by atoms with Crippen LogP contribution in [0.4, 0.5) is 0 Å². The predicted molar refractivity (Wildman–Crippen MR) is 69.3 cm³/mol. The van der Waals surface area contributed by atoms with Crippen molar-refractivity contribution >= 4 is 34.6 Å². The van der Waals surface area contributed by atoms with E-state index in [4.69, 9.17) is 16.9 Å². The normalized spacial score (nSPS) is 11.1. The maximum atomic E-state index is 9.07.